The van der Waals surface area contributed by atoms with Crippen molar-refractivity contribution in [1.29, 1.82) is 5.26 Å². The fourth-order valence-electron chi connectivity index (χ4n) is 0.0299. The van der Waals surface area contributed by atoms with Gasteiger partial charge in [0.1, 0.15) is 6.54 Å². The van der Waals surface area contributed by atoms with Gasteiger partial charge in [0.25, 0.3) is 0 Å². The van der Waals surface area contributed by atoms with E-state index in [1.54, 1.807) is 0 Å². The van der Waals surface area contributed by atoms with Crippen molar-refractivity contribution < 1.29 is 4.48 Å². The molecule has 0 aromatic heterocycles. The third kappa shape index (κ3) is 3.38. The zero-order valence-corrected chi connectivity index (χ0v) is 2.53. The number of hydrogen-bond donors (Lipinski definition) is 1. The highest BCUT2D eigenvalue weighted by Crippen LogP contribution is 1.46. The zero-order valence-electron chi connectivity index (χ0n) is 2.53. The summed E-state index contributed by atoms with van der Waals surface area (Å²) >= 11 is 0. The minimum absolute atomic E-state index is 0.222. The Morgan fingerprint density at radius 2 is 2.60 bits per heavy atom. The van der Waals surface area contributed by atoms with E-state index in [1.165, 1.54) is 6.07 Å². The number of hydrogen-bond acceptors (Lipinski definition) is 2. The van der Waals surface area contributed by atoms with Crippen LogP contribution >= 0.6 is 0 Å². The molecule has 0 unspecified atom stereocenters. The van der Waals surface area contributed by atoms with Crippen LogP contribution in [-0.2, 0) is 0 Å². The summed E-state index contributed by atoms with van der Waals surface area (Å²) in [6, 6.07) is 1.53. The molecule has 3 heteroatoms. The second kappa shape index (κ2) is 3.38. The third-order valence-electron chi connectivity index (χ3n) is 0.146. The van der Waals surface area contributed by atoms with Crippen molar-refractivity contribution >= 4 is 0 Å². The van der Waals surface area contributed by atoms with Crippen molar-refractivity contribution in [1.82, 2.24) is 5.54 Å². The lowest BCUT2D eigenvalue weighted by atomic mass is 10.8. The summed E-state index contributed by atoms with van der Waals surface area (Å²) in [5.41, 5.74) is 1.16. The largest absolute Gasteiger partial charge is 0.197 e. The van der Waals surface area contributed by atoms with E-state index >= 15 is 0 Å². The van der Waals surface area contributed by atoms with Gasteiger partial charge in [0, 0.05) is 0 Å². The predicted octanol–water partition coefficient (Wildman–Crippen LogP) is -0.0159. The van der Waals surface area contributed by atoms with Crippen molar-refractivity contribution in [2.75, 3.05) is 6.54 Å². The van der Waals surface area contributed by atoms with Crippen LogP contribution in [0.15, 0.2) is 0 Å². The van der Waals surface area contributed by atoms with Crippen LogP contribution in [0.5, 0.6) is 0 Å². The van der Waals surface area contributed by atoms with Gasteiger partial charge < -0.3 is 0 Å². The number of nitrogens with zero attached hydrogens (tertiary/aromatic N) is 1. The normalized spacial score (nSPS) is 6.40. The van der Waals surface area contributed by atoms with Crippen molar-refractivity contribution in [2.45, 2.75) is 0 Å². The number of halogens is 1. The summed E-state index contributed by atoms with van der Waals surface area (Å²) in [5.74, 6) is 0. The molecule has 1 N–H and O–H groups in total. The Labute approximate surface area is 29.1 Å². The van der Waals surface area contributed by atoms with E-state index < -0.39 is 0 Å². The number of nitrogens with one attached hydrogen (secondary N) is 1. The monoisotopic (exact) mass is 74.0 g/mol. The Kier molecular flexibility index (Phi) is 2.96. The molecule has 0 aromatic carbocycles. The standard InChI is InChI=1S/C2H3FN2/c3-5-2-1-4/h5H,2H2. The van der Waals surface area contributed by atoms with E-state index in [0.29, 0.717) is 0 Å². The maximum atomic E-state index is 10.5. The van der Waals surface area contributed by atoms with Gasteiger partial charge in [-0.3, -0.25) is 0 Å². The molecule has 0 amide bonds. The average molecular weight is 74.1 g/mol. The van der Waals surface area contributed by atoms with Crippen molar-refractivity contribution in [2.24, 2.45) is 0 Å². The van der Waals surface area contributed by atoms with Crippen molar-refractivity contribution in [3.63, 3.8) is 0 Å². The Morgan fingerprint density at radius 3 is 2.60 bits per heavy atom. The van der Waals surface area contributed by atoms with Gasteiger partial charge in [0.2, 0.25) is 0 Å². The first-order valence-corrected chi connectivity index (χ1v) is 1.12. The number of nitriles is 1. The van der Waals surface area contributed by atoms with Gasteiger partial charge in [-0.15, -0.1) is 10.0 Å². The Morgan fingerprint density at radius 1 is 2.00 bits per heavy atom. The van der Waals surface area contributed by atoms with E-state index in [4.69, 9.17) is 5.26 Å². The summed E-state index contributed by atoms with van der Waals surface area (Å²) in [7, 11) is 0. The molecular formula is C2H3FN2. The molecule has 0 aromatic rings. The topological polar surface area (TPSA) is 35.8 Å². The smallest absolute Gasteiger partial charge is 0.113 e. The van der Waals surface area contributed by atoms with E-state index in [0.717, 1.165) is 5.54 Å². The summed E-state index contributed by atoms with van der Waals surface area (Å²) < 4.78 is 10.5. The molecule has 0 fully saturated rings. The van der Waals surface area contributed by atoms with Crippen molar-refractivity contribution in [3.05, 3.63) is 0 Å². The molecule has 0 atom stereocenters. The second-order valence-electron chi connectivity index (χ2n) is 0.469. The maximum absolute atomic E-state index is 10.5. The van der Waals surface area contributed by atoms with Crippen LogP contribution in [-0.4, -0.2) is 6.54 Å². The molecule has 0 saturated heterocycles. The Bertz CT molecular complexity index is 46.1. The molecule has 0 aliphatic rings. The van der Waals surface area contributed by atoms with E-state index in [-0.39, 0.29) is 6.54 Å². The zero-order chi connectivity index (χ0) is 4.12. The van der Waals surface area contributed by atoms with Gasteiger partial charge in [-0.05, 0) is 0 Å². The quantitative estimate of drug-likeness (QED) is 0.350. The van der Waals surface area contributed by atoms with Gasteiger partial charge in [-0.1, -0.05) is 0 Å². The summed E-state index contributed by atoms with van der Waals surface area (Å²) in [6.07, 6.45) is 0. The van der Waals surface area contributed by atoms with Crippen LogP contribution < -0.4 is 5.54 Å². The molecule has 2 nitrogen and oxygen atoms in total. The van der Waals surface area contributed by atoms with Gasteiger partial charge in [-0.25, -0.2) is 0 Å². The highest BCUT2D eigenvalue weighted by molar-refractivity contribution is 4.68. The molecule has 0 spiro atoms. The van der Waals surface area contributed by atoms with Gasteiger partial charge in [-0.2, -0.15) is 5.26 Å². The third-order valence-corrected chi connectivity index (χ3v) is 0.146. The molecule has 0 heterocycles. The van der Waals surface area contributed by atoms with Crippen LogP contribution in [0, 0.1) is 11.3 Å². The summed E-state index contributed by atoms with van der Waals surface area (Å²) in [4.78, 5) is 0. The Hall–Kier alpha value is -0.620. The van der Waals surface area contributed by atoms with Gasteiger partial charge in [0.15, 0.2) is 0 Å². The highest BCUT2D eigenvalue weighted by Gasteiger charge is 1.65. The highest BCUT2D eigenvalue weighted by atomic mass is 19.2. The van der Waals surface area contributed by atoms with Crippen molar-refractivity contribution in [3.8, 4) is 6.07 Å². The van der Waals surface area contributed by atoms with Gasteiger partial charge in [0.05, 0.1) is 6.07 Å². The van der Waals surface area contributed by atoms with E-state index in [9.17, 15) is 4.48 Å². The first kappa shape index (κ1) is 4.38. The molecule has 0 rings (SSSR count). The van der Waals surface area contributed by atoms with Crippen LogP contribution in [0.4, 0.5) is 4.48 Å². The molecular weight excluding hydrogens is 71.0 g/mol. The molecule has 0 radical (unpaired) electrons. The molecule has 28 valence electrons. The SMILES string of the molecule is N#CCNF. The van der Waals surface area contributed by atoms with E-state index in [2.05, 4.69) is 0 Å². The maximum Gasteiger partial charge on any atom is 0.113 e. The fraction of sp³-hybridized carbons (Fsp3) is 0.500. The summed E-state index contributed by atoms with van der Waals surface area (Å²) in [5, 5.41) is 7.51. The minimum atomic E-state index is -0.222. The fourth-order valence-corrected chi connectivity index (χ4v) is 0.0299. The minimum Gasteiger partial charge on any atom is -0.197 e. The Balaban J connectivity index is 2.48. The first-order valence-electron chi connectivity index (χ1n) is 1.12. The second-order valence-corrected chi connectivity index (χ2v) is 0.469. The lowest BCUT2D eigenvalue weighted by molar-refractivity contribution is 0.360. The number of rotatable bonds is 1. The van der Waals surface area contributed by atoms with Crippen LogP contribution in [0.1, 0.15) is 0 Å². The van der Waals surface area contributed by atoms with Crippen LogP contribution in [0.25, 0.3) is 0 Å². The average Bonchev–Trinajstić information content (AvgIpc) is 1.41. The van der Waals surface area contributed by atoms with Gasteiger partial charge >= 0.3 is 0 Å². The lowest BCUT2D eigenvalue weighted by Gasteiger charge is -1.67. The molecule has 0 aliphatic heterocycles. The molecule has 5 heavy (non-hydrogen) atoms. The first-order chi connectivity index (χ1) is 2.41. The summed E-state index contributed by atoms with van der Waals surface area (Å²) in [6.45, 7) is -0.222. The molecule has 0 saturated carbocycles. The predicted molar refractivity (Wildman–Crippen MR) is 14.7 cm³/mol. The lowest BCUT2D eigenvalue weighted by Crippen LogP contribution is -1.96. The molecule has 0 aliphatic carbocycles. The van der Waals surface area contributed by atoms with Crippen LogP contribution in [0.2, 0.25) is 0 Å². The molecule has 0 bridgehead atoms. The van der Waals surface area contributed by atoms with Crippen LogP contribution in [0.3, 0.4) is 0 Å². The van der Waals surface area contributed by atoms with E-state index in [1.807, 2.05) is 0 Å².